The van der Waals surface area contributed by atoms with Gasteiger partial charge in [-0.3, -0.25) is 19.3 Å². The molecule has 1 saturated heterocycles. The summed E-state index contributed by atoms with van der Waals surface area (Å²) >= 11 is 0. The van der Waals surface area contributed by atoms with Crippen molar-refractivity contribution in [1.29, 1.82) is 0 Å². The summed E-state index contributed by atoms with van der Waals surface area (Å²) in [4.78, 5) is 37.5. The molecule has 0 aromatic heterocycles. The van der Waals surface area contributed by atoms with Gasteiger partial charge in [0.15, 0.2) is 0 Å². The number of fused-ring (bicyclic) bond motifs is 1. The second kappa shape index (κ2) is 5.87. The Kier molecular flexibility index (Phi) is 3.92. The highest BCUT2D eigenvalue weighted by Gasteiger charge is 2.48. The smallest absolute Gasteiger partial charge is 0.244 e. The van der Waals surface area contributed by atoms with Crippen LogP contribution in [0.5, 0.6) is 0 Å². The molecule has 1 aliphatic heterocycles. The normalized spacial score (nSPS) is 24.3. The Hall–Kier alpha value is -2.24. The largest absolute Gasteiger partial charge is 0.322 e. The summed E-state index contributed by atoms with van der Waals surface area (Å²) in [6.07, 6.45) is 3.30. The van der Waals surface area contributed by atoms with Gasteiger partial charge in [-0.1, -0.05) is 25.0 Å². The van der Waals surface area contributed by atoms with Gasteiger partial charge < -0.3 is 5.32 Å². The van der Waals surface area contributed by atoms with Crippen LogP contribution < -0.4 is 5.32 Å². The van der Waals surface area contributed by atoms with Gasteiger partial charge in [0.25, 0.3) is 0 Å². The van der Waals surface area contributed by atoms with E-state index < -0.39 is 11.7 Å². The van der Waals surface area contributed by atoms with Gasteiger partial charge in [-0.05, 0) is 25.0 Å². The molecular weight excluding hydrogens is 287 g/mol. The van der Waals surface area contributed by atoms with E-state index >= 15 is 0 Å². The van der Waals surface area contributed by atoms with Crippen LogP contribution in [-0.4, -0.2) is 29.2 Å². The number of hydrogen-bond acceptors (Lipinski definition) is 3. The minimum atomic E-state index is -0.564. The monoisotopic (exact) mass is 304 g/mol. The SMILES string of the molecule is O=C(CN1C(=O)C2CCCCC2C1=O)Nc1ccccc1F. The fraction of sp³-hybridized carbons (Fsp3) is 0.438. The Bertz CT molecular complexity index is 608. The zero-order chi connectivity index (χ0) is 15.7. The van der Waals surface area contributed by atoms with E-state index in [9.17, 15) is 18.8 Å². The van der Waals surface area contributed by atoms with Crippen LogP contribution in [0.3, 0.4) is 0 Å². The van der Waals surface area contributed by atoms with Crippen LogP contribution in [0.2, 0.25) is 0 Å². The third-order valence-corrected chi connectivity index (χ3v) is 4.38. The van der Waals surface area contributed by atoms with Crippen LogP contribution in [0.4, 0.5) is 10.1 Å². The fourth-order valence-corrected chi connectivity index (χ4v) is 3.28. The number of rotatable bonds is 3. The van der Waals surface area contributed by atoms with Crippen molar-refractivity contribution in [3.8, 4) is 0 Å². The third-order valence-electron chi connectivity index (χ3n) is 4.38. The number of carbonyl (C=O) groups is 3. The number of anilines is 1. The summed E-state index contributed by atoms with van der Waals surface area (Å²) in [6.45, 7) is -0.348. The summed E-state index contributed by atoms with van der Waals surface area (Å²) in [6, 6.07) is 5.78. The van der Waals surface area contributed by atoms with Crippen molar-refractivity contribution < 1.29 is 18.8 Å². The Morgan fingerprint density at radius 1 is 1.14 bits per heavy atom. The molecule has 2 atom stereocenters. The van der Waals surface area contributed by atoms with Crippen LogP contribution in [0.1, 0.15) is 25.7 Å². The van der Waals surface area contributed by atoms with Crippen molar-refractivity contribution in [2.75, 3.05) is 11.9 Å². The van der Waals surface area contributed by atoms with Gasteiger partial charge in [-0.25, -0.2) is 4.39 Å². The summed E-state index contributed by atoms with van der Waals surface area (Å²) in [5.41, 5.74) is 0.0454. The molecule has 6 heteroatoms. The first-order valence-corrected chi connectivity index (χ1v) is 7.47. The number of para-hydroxylation sites is 1. The summed E-state index contributed by atoms with van der Waals surface area (Å²) in [5, 5.41) is 2.40. The van der Waals surface area contributed by atoms with Crippen LogP contribution in [0.25, 0.3) is 0 Å². The number of hydrogen-bond donors (Lipinski definition) is 1. The van der Waals surface area contributed by atoms with Crippen LogP contribution in [0.15, 0.2) is 24.3 Å². The molecule has 0 radical (unpaired) electrons. The lowest BCUT2D eigenvalue weighted by Crippen LogP contribution is -2.38. The van der Waals surface area contributed by atoms with Crippen LogP contribution >= 0.6 is 0 Å². The van der Waals surface area contributed by atoms with E-state index in [1.807, 2.05) is 0 Å². The van der Waals surface area contributed by atoms with E-state index in [0.29, 0.717) is 12.8 Å². The second-order valence-electron chi connectivity index (χ2n) is 5.79. The lowest BCUT2D eigenvalue weighted by Gasteiger charge is -2.19. The van der Waals surface area contributed by atoms with E-state index in [2.05, 4.69) is 5.32 Å². The topological polar surface area (TPSA) is 66.5 Å². The lowest BCUT2D eigenvalue weighted by molar-refractivity contribution is -0.142. The molecule has 2 unspecified atom stereocenters. The minimum Gasteiger partial charge on any atom is -0.322 e. The van der Waals surface area contributed by atoms with E-state index in [1.165, 1.54) is 18.2 Å². The number of likely N-dealkylation sites (tertiary alicyclic amines) is 1. The van der Waals surface area contributed by atoms with E-state index in [-0.39, 0.29) is 35.9 Å². The third kappa shape index (κ3) is 2.61. The molecule has 3 amide bonds. The first-order chi connectivity index (χ1) is 10.6. The Balaban J connectivity index is 1.68. The summed E-state index contributed by atoms with van der Waals surface area (Å²) in [7, 11) is 0. The van der Waals surface area contributed by atoms with Crippen molar-refractivity contribution in [1.82, 2.24) is 4.90 Å². The predicted molar refractivity (Wildman–Crippen MR) is 77.2 cm³/mol. The molecule has 2 fully saturated rings. The van der Waals surface area contributed by atoms with Gasteiger partial charge in [0.2, 0.25) is 17.7 Å². The Morgan fingerprint density at radius 3 is 2.32 bits per heavy atom. The molecule has 116 valence electrons. The van der Waals surface area contributed by atoms with Crippen molar-refractivity contribution >= 4 is 23.4 Å². The van der Waals surface area contributed by atoms with Crippen LogP contribution in [0, 0.1) is 17.7 Å². The minimum absolute atomic E-state index is 0.0454. The fourth-order valence-electron chi connectivity index (χ4n) is 3.28. The number of nitrogens with one attached hydrogen (secondary N) is 1. The molecular formula is C16H17FN2O3. The average molecular weight is 304 g/mol. The number of halogens is 1. The Labute approximate surface area is 127 Å². The average Bonchev–Trinajstić information content (AvgIpc) is 2.75. The maximum atomic E-state index is 13.5. The highest BCUT2D eigenvalue weighted by atomic mass is 19.1. The number of amides is 3. The predicted octanol–water partition coefficient (Wildman–Crippen LogP) is 1.94. The zero-order valence-electron chi connectivity index (χ0n) is 12.0. The van der Waals surface area contributed by atoms with E-state index in [0.717, 1.165) is 17.7 Å². The quantitative estimate of drug-likeness (QED) is 0.868. The highest BCUT2D eigenvalue weighted by Crippen LogP contribution is 2.37. The van der Waals surface area contributed by atoms with Gasteiger partial charge in [0.1, 0.15) is 12.4 Å². The highest BCUT2D eigenvalue weighted by molar-refractivity contribution is 6.08. The molecule has 3 rings (SSSR count). The van der Waals surface area contributed by atoms with Crippen LogP contribution in [-0.2, 0) is 14.4 Å². The first kappa shape index (κ1) is 14.7. The molecule has 5 nitrogen and oxygen atoms in total. The number of carbonyl (C=O) groups excluding carboxylic acids is 3. The zero-order valence-corrected chi connectivity index (χ0v) is 12.0. The standard InChI is InChI=1S/C16H17FN2O3/c17-12-7-3-4-8-13(12)18-14(20)9-19-15(21)10-5-1-2-6-11(10)16(19)22/h3-4,7-8,10-11H,1-2,5-6,9H2,(H,18,20). The van der Waals surface area contributed by atoms with E-state index in [1.54, 1.807) is 6.07 Å². The van der Waals surface area contributed by atoms with Crippen molar-refractivity contribution in [3.05, 3.63) is 30.1 Å². The van der Waals surface area contributed by atoms with Gasteiger partial charge in [-0.2, -0.15) is 0 Å². The molecule has 0 bridgehead atoms. The molecule has 1 aromatic rings. The maximum absolute atomic E-state index is 13.5. The number of benzene rings is 1. The van der Waals surface area contributed by atoms with Crippen molar-refractivity contribution in [2.45, 2.75) is 25.7 Å². The van der Waals surface area contributed by atoms with Gasteiger partial charge >= 0.3 is 0 Å². The summed E-state index contributed by atoms with van der Waals surface area (Å²) < 4.78 is 13.5. The molecule has 1 aromatic carbocycles. The molecule has 1 heterocycles. The second-order valence-corrected chi connectivity index (χ2v) is 5.79. The van der Waals surface area contributed by atoms with Gasteiger partial charge in [-0.15, -0.1) is 0 Å². The first-order valence-electron chi connectivity index (χ1n) is 7.47. The number of nitrogens with zero attached hydrogens (tertiary/aromatic N) is 1. The molecule has 1 N–H and O–H groups in total. The van der Waals surface area contributed by atoms with Gasteiger partial charge in [0, 0.05) is 0 Å². The molecule has 1 saturated carbocycles. The number of imide groups is 1. The molecule has 22 heavy (non-hydrogen) atoms. The Morgan fingerprint density at radius 2 is 1.73 bits per heavy atom. The summed E-state index contributed by atoms with van der Waals surface area (Å²) in [5.74, 6) is -2.20. The van der Waals surface area contributed by atoms with Gasteiger partial charge in [0.05, 0.1) is 17.5 Å². The molecule has 1 aliphatic carbocycles. The van der Waals surface area contributed by atoms with Crippen molar-refractivity contribution in [3.63, 3.8) is 0 Å². The van der Waals surface area contributed by atoms with E-state index in [4.69, 9.17) is 0 Å². The maximum Gasteiger partial charge on any atom is 0.244 e. The molecule has 2 aliphatic rings. The lowest BCUT2D eigenvalue weighted by atomic mass is 9.81. The van der Waals surface area contributed by atoms with Crippen molar-refractivity contribution in [2.24, 2.45) is 11.8 Å². The molecule has 0 spiro atoms.